The fraction of sp³-hybridized carbons (Fsp3) is 0.438. The lowest BCUT2D eigenvalue weighted by Gasteiger charge is -2.38. The minimum absolute atomic E-state index is 0.206. The smallest absolute Gasteiger partial charge is 0.355 e. The number of nitriles is 1. The quantitative estimate of drug-likeness (QED) is 0.225. The number of carbonyl (C=O) groups excluding carboxylic acids is 2. The van der Waals surface area contributed by atoms with E-state index in [1.54, 1.807) is 33.3 Å². The second kappa shape index (κ2) is 12.5. The van der Waals surface area contributed by atoms with Crippen LogP contribution in [0.15, 0.2) is 45.7 Å². The van der Waals surface area contributed by atoms with Crippen molar-refractivity contribution in [3.8, 4) is 6.07 Å². The first kappa shape index (κ1) is 30.7. The van der Waals surface area contributed by atoms with E-state index in [2.05, 4.69) is 27.0 Å². The van der Waals surface area contributed by atoms with Gasteiger partial charge in [0.25, 0.3) is 11.8 Å². The first-order valence-corrected chi connectivity index (χ1v) is 14.9. The first-order valence-electron chi connectivity index (χ1n) is 14.9. The molecule has 5 rings (SSSR count). The van der Waals surface area contributed by atoms with E-state index in [0.717, 1.165) is 35.1 Å². The predicted molar refractivity (Wildman–Crippen MR) is 164 cm³/mol. The molecule has 2 aromatic carbocycles. The summed E-state index contributed by atoms with van der Waals surface area (Å²) in [6.07, 6.45) is 3.23. The molecular weight excluding hydrogens is 560 g/mol. The van der Waals surface area contributed by atoms with Crippen LogP contribution in [-0.2, 0) is 25.3 Å². The third kappa shape index (κ3) is 5.51. The van der Waals surface area contributed by atoms with Gasteiger partial charge in [0.2, 0.25) is 0 Å². The van der Waals surface area contributed by atoms with Gasteiger partial charge in [0.15, 0.2) is 5.82 Å². The van der Waals surface area contributed by atoms with Crippen LogP contribution in [0, 0.1) is 16.7 Å². The van der Waals surface area contributed by atoms with Crippen molar-refractivity contribution in [3.05, 3.63) is 86.2 Å². The number of nitrogens with zero attached hydrogens (tertiary/aromatic N) is 4. The monoisotopic (exact) mass is 598 g/mol. The molecule has 3 aromatic rings. The number of amides is 2. The van der Waals surface area contributed by atoms with Gasteiger partial charge in [0.1, 0.15) is 11.9 Å². The molecule has 1 aliphatic heterocycles. The summed E-state index contributed by atoms with van der Waals surface area (Å²) in [6, 6.07) is 13.0. The van der Waals surface area contributed by atoms with Crippen LogP contribution in [0.25, 0.3) is 0 Å². The van der Waals surface area contributed by atoms with Crippen LogP contribution in [0.4, 0.5) is 0 Å². The van der Waals surface area contributed by atoms with Crippen molar-refractivity contribution >= 4 is 17.6 Å². The van der Waals surface area contributed by atoms with Gasteiger partial charge in [-0.1, -0.05) is 12.1 Å². The van der Waals surface area contributed by atoms with Crippen molar-refractivity contribution in [1.29, 1.82) is 10.7 Å². The Kier molecular flexibility index (Phi) is 8.69. The zero-order valence-electron chi connectivity index (χ0n) is 25.5. The Labute approximate surface area is 255 Å². The number of carbonyl (C=O) groups is 2. The number of hydrogen-bond acceptors (Lipinski definition) is 8. The number of aromatic nitrogens is 2. The summed E-state index contributed by atoms with van der Waals surface area (Å²) in [5, 5.41) is 27.1. The Morgan fingerprint density at radius 3 is 2.20 bits per heavy atom. The number of likely N-dealkylation sites (tertiary alicyclic amines) is 1. The molecule has 0 radical (unpaired) electrons. The molecule has 1 fully saturated rings. The van der Waals surface area contributed by atoms with Gasteiger partial charge in [-0.3, -0.25) is 15.0 Å². The Morgan fingerprint density at radius 1 is 1.11 bits per heavy atom. The van der Waals surface area contributed by atoms with Crippen molar-refractivity contribution in [2.75, 3.05) is 27.2 Å². The van der Waals surface area contributed by atoms with Crippen LogP contribution in [0.3, 0.4) is 0 Å². The molecule has 2 atom stereocenters. The van der Waals surface area contributed by atoms with Gasteiger partial charge in [-0.25, -0.2) is 4.79 Å². The third-order valence-electron chi connectivity index (χ3n) is 8.84. The minimum atomic E-state index is -1.01. The van der Waals surface area contributed by atoms with E-state index < -0.39 is 11.2 Å². The molecule has 0 spiro atoms. The number of benzene rings is 2. The zero-order chi connectivity index (χ0) is 31.6. The van der Waals surface area contributed by atoms with E-state index in [9.17, 15) is 19.6 Å². The summed E-state index contributed by atoms with van der Waals surface area (Å²) in [5.74, 6) is -0.378. The third-order valence-corrected chi connectivity index (χ3v) is 8.84. The molecule has 2 aliphatic rings. The van der Waals surface area contributed by atoms with Gasteiger partial charge < -0.3 is 25.4 Å². The van der Waals surface area contributed by atoms with Crippen molar-refractivity contribution in [2.24, 2.45) is 7.05 Å². The number of amidine groups is 1. The number of hydrogen-bond donors (Lipinski definition) is 4. The molecule has 12 nitrogen and oxygen atoms in total. The molecule has 1 aromatic heterocycles. The summed E-state index contributed by atoms with van der Waals surface area (Å²) in [5.41, 5.74) is 3.64. The molecule has 1 unspecified atom stereocenters. The van der Waals surface area contributed by atoms with Gasteiger partial charge in [-0.05, 0) is 85.5 Å². The summed E-state index contributed by atoms with van der Waals surface area (Å²) < 4.78 is 6.82. The second-order valence-electron chi connectivity index (χ2n) is 11.5. The van der Waals surface area contributed by atoms with E-state index in [-0.39, 0.29) is 30.4 Å². The van der Waals surface area contributed by atoms with E-state index in [1.165, 1.54) is 4.74 Å². The Morgan fingerprint density at radius 2 is 1.70 bits per heavy atom. The highest BCUT2D eigenvalue weighted by Gasteiger charge is 2.46. The maximum atomic E-state index is 12.6. The molecule has 2 amide bonds. The van der Waals surface area contributed by atoms with E-state index in [0.29, 0.717) is 48.6 Å². The summed E-state index contributed by atoms with van der Waals surface area (Å²) in [7, 11) is 4.83. The van der Waals surface area contributed by atoms with Gasteiger partial charge in [0, 0.05) is 44.9 Å². The molecule has 0 saturated carbocycles. The lowest BCUT2D eigenvalue weighted by molar-refractivity contribution is 0.0955. The number of rotatable bonds is 8. The van der Waals surface area contributed by atoms with Crippen LogP contribution in [-0.4, -0.2) is 71.5 Å². The Bertz CT molecular complexity index is 1630. The predicted octanol–water partition coefficient (Wildman–Crippen LogP) is 1.86. The zero-order valence-corrected chi connectivity index (χ0v) is 25.5. The number of fused-ring (bicyclic) bond motifs is 2. The molecule has 4 N–H and O–H groups in total. The normalized spacial score (nSPS) is 17.5. The van der Waals surface area contributed by atoms with Crippen LogP contribution in [0.2, 0.25) is 0 Å². The second-order valence-corrected chi connectivity index (χ2v) is 11.5. The van der Waals surface area contributed by atoms with E-state index in [4.69, 9.17) is 9.93 Å². The summed E-state index contributed by atoms with van der Waals surface area (Å²) in [4.78, 5) is 44.1. The van der Waals surface area contributed by atoms with Crippen LogP contribution >= 0.6 is 0 Å². The Hall–Kier alpha value is -4.76. The standard InChI is InChI=1S/C32H38N8O4/c1-19(37-18-27(34)40-13-5-6-24(40)17-33)16-32(30-38-31(43)44-39(30)4)25-11-9-22(28(41)35-2)14-20(25)7-8-21-15-23(29(42)36-3)10-12-26(21)32/h9-12,14-15,19,24,34,37H,5-8,13,16,18H2,1-4H3,(H,35,41)(H,36,42)/t19-,24?/m0/s1. The number of nitrogens with one attached hydrogen (secondary N) is 4. The van der Waals surface area contributed by atoms with Crippen molar-refractivity contribution < 1.29 is 14.1 Å². The fourth-order valence-corrected chi connectivity index (χ4v) is 6.80. The lowest BCUT2D eigenvalue weighted by atomic mass is 9.67. The van der Waals surface area contributed by atoms with Gasteiger partial charge >= 0.3 is 5.76 Å². The first-order chi connectivity index (χ1) is 21.1. The van der Waals surface area contributed by atoms with E-state index in [1.807, 2.05) is 36.1 Å². The molecule has 1 saturated heterocycles. The average Bonchev–Trinajstić information content (AvgIpc) is 3.62. The lowest BCUT2D eigenvalue weighted by Crippen LogP contribution is -2.45. The maximum Gasteiger partial charge on any atom is 0.459 e. The Balaban J connectivity index is 1.65. The van der Waals surface area contributed by atoms with Gasteiger partial charge in [-0.2, -0.15) is 15.0 Å². The molecule has 2 heterocycles. The summed E-state index contributed by atoms with van der Waals surface area (Å²) >= 11 is 0. The highest BCUT2D eigenvalue weighted by atomic mass is 16.5. The van der Waals surface area contributed by atoms with Crippen LogP contribution in [0.5, 0.6) is 0 Å². The SMILES string of the molecule is CNC(=O)c1ccc2c(c1)CCc1cc(C(=O)NC)ccc1C2(C[C@H](C)NCC(=N)N1CCCC1C#N)c1nc(=O)on1C. The maximum absolute atomic E-state index is 12.6. The molecule has 1 aliphatic carbocycles. The van der Waals surface area contributed by atoms with Crippen LogP contribution in [0.1, 0.15) is 75.0 Å². The fourth-order valence-electron chi connectivity index (χ4n) is 6.80. The van der Waals surface area contributed by atoms with E-state index >= 15 is 0 Å². The van der Waals surface area contributed by atoms with Crippen molar-refractivity contribution in [3.63, 3.8) is 0 Å². The van der Waals surface area contributed by atoms with Crippen molar-refractivity contribution in [2.45, 2.75) is 56.5 Å². The van der Waals surface area contributed by atoms with Gasteiger partial charge in [-0.15, -0.1) is 0 Å². The minimum Gasteiger partial charge on any atom is -0.355 e. The molecule has 230 valence electrons. The van der Waals surface area contributed by atoms with Crippen LogP contribution < -0.4 is 21.7 Å². The van der Waals surface area contributed by atoms with Crippen molar-refractivity contribution in [1.82, 2.24) is 30.6 Å². The highest BCUT2D eigenvalue weighted by molar-refractivity contribution is 5.95. The topological polar surface area (TPSA) is 169 Å². The molecular formula is C32H38N8O4. The molecule has 0 bridgehead atoms. The number of aryl methyl sites for hydroxylation is 3. The summed E-state index contributed by atoms with van der Waals surface area (Å²) in [6.45, 7) is 2.96. The molecule has 44 heavy (non-hydrogen) atoms. The highest BCUT2D eigenvalue weighted by Crippen LogP contribution is 2.47. The largest absolute Gasteiger partial charge is 0.459 e. The average molecular weight is 599 g/mol. The molecule has 12 heteroatoms. The van der Waals surface area contributed by atoms with Gasteiger partial charge in [0.05, 0.1) is 18.0 Å².